The van der Waals surface area contributed by atoms with Crippen LogP contribution in [0.1, 0.15) is 12.5 Å². The number of ether oxygens (including phenoxy) is 5. The van der Waals surface area contributed by atoms with Gasteiger partial charge in [-0.05, 0) is 37.6 Å². The van der Waals surface area contributed by atoms with Gasteiger partial charge in [0.1, 0.15) is 13.2 Å². The third-order valence-corrected chi connectivity index (χ3v) is 4.16. The summed E-state index contributed by atoms with van der Waals surface area (Å²) < 4.78 is 26.3. The minimum atomic E-state index is -0.300. The monoisotopic (exact) mass is 428 g/mol. The summed E-state index contributed by atoms with van der Waals surface area (Å²) in [5.74, 6) is -0.300. The molecule has 0 spiro atoms. The lowest BCUT2D eigenvalue weighted by molar-refractivity contribution is -0.143. The first-order valence-corrected chi connectivity index (χ1v) is 10.3. The van der Waals surface area contributed by atoms with Crippen molar-refractivity contribution in [1.82, 2.24) is 0 Å². The first-order valence-electron chi connectivity index (χ1n) is 10.3. The van der Waals surface area contributed by atoms with Gasteiger partial charge in [-0.3, -0.25) is 4.79 Å². The van der Waals surface area contributed by atoms with E-state index in [9.17, 15) is 4.79 Å². The Morgan fingerprint density at radius 1 is 0.933 bits per heavy atom. The van der Waals surface area contributed by atoms with E-state index in [0.717, 1.165) is 16.9 Å². The molecule has 0 bridgehead atoms. The second-order valence-corrected chi connectivity index (χ2v) is 6.45. The Morgan fingerprint density at radius 2 is 1.47 bits per heavy atom. The molecule has 0 fully saturated rings. The number of anilines is 2. The van der Waals surface area contributed by atoms with Crippen molar-refractivity contribution < 1.29 is 33.6 Å². The highest BCUT2D eigenvalue weighted by Crippen LogP contribution is 2.20. The van der Waals surface area contributed by atoms with Crippen molar-refractivity contribution in [1.29, 1.82) is 0 Å². The number of benzene rings is 1. The zero-order chi connectivity index (χ0) is 22.0. The summed E-state index contributed by atoms with van der Waals surface area (Å²) >= 11 is 0. The van der Waals surface area contributed by atoms with Gasteiger partial charge >= 0.3 is 5.97 Å². The van der Waals surface area contributed by atoms with Gasteiger partial charge in [0.15, 0.2) is 0 Å². The van der Waals surface area contributed by atoms with Crippen molar-refractivity contribution in [3.63, 3.8) is 0 Å². The predicted molar refractivity (Wildman–Crippen MR) is 115 cm³/mol. The highest BCUT2D eigenvalue weighted by atomic mass is 16.6. The average Bonchev–Trinajstić information content (AvgIpc) is 2.74. The molecule has 0 unspecified atom stereocenters. The minimum absolute atomic E-state index is 0.0167. The average molecular weight is 429 g/mol. The van der Waals surface area contributed by atoms with Crippen LogP contribution in [0.2, 0.25) is 0 Å². The van der Waals surface area contributed by atoms with Crippen LogP contribution in [0.4, 0.5) is 11.4 Å². The van der Waals surface area contributed by atoms with Crippen LogP contribution in [0.3, 0.4) is 0 Å². The molecule has 0 atom stereocenters. The molecule has 0 radical (unpaired) electrons. The molecule has 1 aromatic rings. The first kappa shape index (κ1) is 26.1. The highest BCUT2D eigenvalue weighted by Gasteiger charge is 2.12. The molecule has 0 aliphatic rings. The molecule has 1 rings (SSSR count). The number of nitrogen functional groups attached to an aromatic ring is 1. The van der Waals surface area contributed by atoms with E-state index in [1.165, 1.54) is 0 Å². The minimum Gasteiger partial charge on any atom is -0.462 e. The number of aryl methyl sites for hydroxylation is 1. The molecular weight excluding hydrogens is 392 g/mol. The molecule has 9 nitrogen and oxygen atoms in total. The normalized spacial score (nSPS) is 10.9. The number of carbonyl (C=O) groups is 1. The topological polar surface area (TPSA) is 113 Å². The van der Waals surface area contributed by atoms with E-state index in [1.807, 2.05) is 36.9 Å². The van der Waals surface area contributed by atoms with E-state index in [0.29, 0.717) is 59.4 Å². The van der Waals surface area contributed by atoms with Crippen LogP contribution in [-0.2, 0) is 28.5 Å². The van der Waals surface area contributed by atoms with Gasteiger partial charge in [-0.1, -0.05) is 0 Å². The molecular formula is C21H36N2O7. The smallest absolute Gasteiger partial charge is 0.325 e. The van der Waals surface area contributed by atoms with E-state index < -0.39 is 0 Å². The molecule has 0 saturated carbocycles. The van der Waals surface area contributed by atoms with Crippen LogP contribution < -0.4 is 10.6 Å². The third-order valence-electron chi connectivity index (χ3n) is 4.16. The summed E-state index contributed by atoms with van der Waals surface area (Å²) in [6.45, 7) is 8.38. The van der Waals surface area contributed by atoms with Gasteiger partial charge in [0.05, 0.1) is 59.5 Å². The molecule has 0 saturated heterocycles. The number of nitrogens with two attached hydrogens (primary N) is 1. The molecule has 0 amide bonds. The third kappa shape index (κ3) is 11.9. The Bertz CT molecular complexity index is 586. The molecule has 0 aliphatic carbocycles. The lowest BCUT2D eigenvalue weighted by atomic mass is 10.1. The Hall–Kier alpha value is -1.91. The van der Waals surface area contributed by atoms with Crippen LogP contribution in [0.15, 0.2) is 18.2 Å². The van der Waals surface area contributed by atoms with Gasteiger partial charge < -0.3 is 39.4 Å². The zero-order valence-electron chi connectivity index (χ0n) is 18.1. The summed E-state index contributed by atoms with van der Waals surface area (Å²) in [5, 5.41) is 8.55. The molecule has 172 valence electrons. The number of aliphatic hydroxyl groups excluding tert-OH is 1. The van der Waals surface area contributed by atoms with Gasteiger partial charge in [-0.2, -0.15) is 0 Å². The lowest BCUT2D eigenvalue weighted by Gasteiger charge is -2.22. The van der Waals surface area contributed by atoms with E-state index in [4.69, 9.17) is 34.5 Å². The van der Waals surface area contributed by atoms with Gasteiger partial charge in [0.25, 0.3) is 0 Å². The van der Waals surface area contributed by atoms with Crippen LogP contribution in [0, 0.1) is 6.92 Å². The van der Waals surface area contributed by atoms with Gasteiger partial charge in [-0.15, -0.1) is 0 Å². The van der Waals surface area contributed by atoms with Crippen LogP contribution in [0.25, 0.3) is 0 Å². The molecule has 30 heavy (non-hydrogen) atoms. The van der Waals surface area contributed by atoms with Crippen LogP contribution in [-0.4, -0.2) is 90.2 Å². The molecule has 0 heterocycles. The van der Waals surface area contributed by atoms with E-state index in [1.54, 1.807) is 0 Å². The van der Waals surface area contributed by atoms with Gasteiger partial charge in [0, 0.05) is 17.9 Å². The van der Waals surface area contributed by atoms with Crippen molar-refractivity contribution >= 4 is 17.3 Å². The largest absolute Gasteiger partial charge is 0.462 e. The van der Waals surface area contributed by atoms with E-state index in [2.05, 4.69) is 0 Å². The van der Waals surface area contributed by atoms with Crippen molar-refractivity contribution in [3.8, 4) is 0 Å². The zero-order valence-corrected chi connectivity index (χ0v) is 18.1. The fourth-order valence-corrected chi connectivity index (χ4v) is 2.48. The molecule has 9 heteroatoms. The van der Waals surface area contributed by atoms with Gasteiger partial charge in [-0.25, -0.2) is 0 Å². The second kappa shape index (κ2) is 16.8. The molecule has 0 aromatic heterocycles. The number of carbonyl (C=O) groups excluding carboxylic acids is 1. The van der Waals surface area contributed by atoms with Crippen molar-refractivity contribution in [2.75, 3.05) is 89.8 Å². The predicted octanol–water partition coefficient (Wildman–Crippen LogP) is 1.01. The number of hydrogen-bond acceptors (Lipinski definition) is 9. The quantitative estimate of drug-likeness (QED) is 0.201. The lowest BCUT2D eigenvalue weighted by Crippen LogP contribution is -2.31. The maximum absolute atomic E-state index is 12.1. The maximum atomic E-state index is 12.1. The molecule has 0 aliphatic heterocycles. The number of rotatable bonds is 18. The number of nitrogens with zero attached hydrogens (tertiary/aromatic N) is 1. The highest BCUT2D eigenvalue weighted by molar-refractivity contribution is 5.76. The molecule has 3 N–H and O–H groups in total. The summed E-state index contributed by atoms with van der Waals surface area (Å²) in [6.07, 6.45) is 0. The van der Waals surface area contributed by atoms with E-state index in [-0.39, 0.29) is 25.7 Å². The fraction of sp³-hybridized carbons (Fsp3) is 0.667. The number of aliphatic hydroxyl groups is 1. The van der Waals surface area contributed by atoms with Crippen molar-refractivity contribution in [2.45, 2.75) is 13.8 Å². The van der Waals surface area contributed by atoms with Gasteiger partial charge in [0.2, 0.25) is 0 Å². The second-order valence-electron chi connectivity index (χ2n) is 6.45. The fourth-order valence-electron chi connectivity index (χ4n) is 2.48. The molecule has 1 aromatic carbocycles. The van der Waals surface area contributed by atoms with Crippen LogP contribution >= 0.6 is 0 Å². The number of likely N-dealkylation sites (N-methyl/N-ethyl adjacent to an activating group) is 1. The number of hydrogen-bond donors (Lipinski definition) is 2. The van der Waals surface area contributed by atoms with Crippen LogP contribution in [0.5, 0.6) is 0 Å². The summed E-state index contributed by atoms with van der Waals surface area (Å²) in [7, 11) is 0. The first-order chi connectivity index (χ1) is 14.6. The Kier molecular flexibility index (Phi) is 14.7. The maximum Gasteiger partial charge on any atom is 0.325 e. The van der Waals surface area contributed by atoms with E-state index >= 15 is 0 Å². The SMILES string of the molecule is CCN(CC(=O)OCCOCCOCCOCCOCCO)c1ccc(N)c(C)c1. The summed E-state index contributed by atoms with van der Waals surface area (Å²) in [6, 6.07) is 5.71. The Morgan fingerprint density at radius 3 is 1.97 bits per heavy atom. The Balaban J connectivity index is 2.00. The standard InChI is InChI=1S/C21H36N2O7/c1-3-23(19-4-5-20(22)18(2)16-19)17-21(25)30-15-14-29-13-12-28-11-10-27-9-8-26-7-6-24/h4-5,16,24H,3,6-15,17,22H2,1-2H3. The van der Waals surface area contributed by atoms with Crippen molar-refractivity contribution in [3.05, 3.63) is 23.8 Å². The number of esters is 1. The summed E-state index contributed by atoms with van der Waals surface area (Å²) in [4.78, 5) is 14.0. The Labute approximate surface area is 179 Å². The summed E-state index contributed by atoms with van der Waals surface area (Å²) in [5.41, 5.74) is 8.50. The van der Waals surface area contributed by atoms with Crippen molar-refractivity contribution in [2.24, 2.45) is 0 Å².